The SMILES string of the molecule is CNC(=O)C(C(=O)NO)N(C)C(=O)c1ccc(-c2ccc(OCCCN3CCCOCC3)cc2)cc1. The van der Waals surface area contributed by atoms with Gasteiger partial charge < -0.3 is 24.6 Å². The molecule has 3 amide bonds. The third-order valence-electron chi connectivity index (χ3n) is 6.08. The number of nitrogens with zero attached hydrogens (tertiary/aromatic N) is 2. The molecule has 194 valence electrons. The minimum absolute atomic E-state index is 0.303. The molecule has 1 fully saturated rings. The van der Waals surface area contributed by atoms with Gasteiger partial charge in [0.2, 0.25) is 0 Å². The largest absolute Gasteiger partial charge is 0.494 e. The van der Waals surface area contributed by atoms with Crippen molar-refractivity contribution in [1.82, 2.24) is 20.6 Å². The first kappa shape index (κ1) is 27.1. The summed E-state index contributed by atoms with van der Waals surface area (Å²) >= 11 is 0. The van der Waals surface area contributed by atoms with E-state index >= 15 is 0 Å². The molecule has 1 heterocycles. The van der Waals surface area contributed by atoms with E-state index < -0.39 is 23.8 Å². The second-order valence-electron chi connectivity index (χ2n) is 8.52. The van der Waals surface area contributed by atoms with Crippen LogP contribution in [-0.2, 0) is 14.3 Å². The highest BCUT2D eigenvalue weighted by Crippen LogP contribution is 2.23. The van der Waals surface area contributed by atoms with Crippen molar-refractivity contribution in [2.45, 2.75) is 18.9 Å². The lowest BCUT2D eigenvalue weighted by Crippen LogP contribution is -2.54. The molecule has 0 bridgehead atoms. The monoisotopic (exact) mass is 498 g/mol. The number of ether oxygens (including phenoxy) is 2. The van der Waals surface area contributed by atoms with E-state index in [1.165, 1.54) is 19.6 Å². The zero-order valence-corrected chi connectivity index (χ0v) is 20.7. The lowest BCUT2D eigenvalue weighted by molar-refractivity contribution is -0.140. The first-order valence-electron chi connectivity index (χ1n) is 12.0. The van der Waals surface area contributed by atoms with Crippen LogP contribution in [0.4, 0.5) is 0 Å². The van der Waals surface area contributed by atoms with E-state index in [9.17, 15) is 14.4 Å². The van der Waals surface area contributed by atoms with Gasteiger partial charge in [-0.25, -0.2) is 5.48 Å². The molecule has 10 nitrogen and oxygen atoms in total. The molecular formula is C26H34N4O6. The van der Waals surface area contributed by atoms with Crippen LogP contribution in [0.1, 0.15) is 23.2 Å². The van der Waals surface area contributed by atoms with Crippen molar-refractivity contribution >= 4 is 17.7 Å². The van der Waals surface area contributed by atoms with Crippen molar-refractivity contribution in [2.24, 2.45) is 0 Å². The Labute approximate surface area is 211 Å². The van der Waals surface area contributed by atoms with Crippen LogP contribution in [0, 0.1) is 0 Å². The Balaban J connectivity index is 1.54. The van der Waals surface area contributed by atoms with Crippen LogP contribution in [-0.4, -0.2) is 92.3 Å². The second-order valence-corrected chi connectivity index (χ2v) is 8.52. The van der Waals surface area contributed by atoms with Gasteiger partial charge in [0, 0.05) is 45.9 Å². The summed E-state index contributed by atoms with van der Waals surface area (Å²) in [5, 5.41) is 11.2. The van der Waals surface area contributed by atoms with E-state index in [1.54, 1.807) is 24.3 Å². The van der Waals surface area contributed by atoms with E-state index in [-0.39, 0.29) is 0 Å². The van der Waals surface area contributed by atoms with Crippen LogP contribution in [0.25, 0.3) is 11.1 Å². The van der Waals surface area contributed by atoms with Crippen molar-refractivity contribution in [3.63, 3.8) is 0 Å². The van der Waals surface area contributed by atoms with Crippen molar-refractivity contribution in [2.75, 3.05) is 53.6 Å². The number of carbonyl (C=O) groups excluding carboxylic acids is 3. The Morgan fingerprint density at radius 3 is 2.33 bits per heavy atom. The molecule has 0 aliphatic carbocycles. The zero-order chi connectivity index (χ0) is 25.9. The Kier molecular flexibility index (Phi) is 10.2. The van der Waals surface area contributed by atoms with Gasteiger partial charge in [0.25, 0.3) is 17.7 Å². The molecular weight excluding hydrogens is 464 g/mol. The number of hydrogen-bond acceptors (Lipinski definition) is 7. The number of likely N-dealkylation sites (N-methyl/N-ethyl adjacent to an activating group) is 2. The zero-order valence-electron chi connectivity index (χ0n) is 20.7. The molecule has 3 rings (SSSR count). The number of carbonyl (C=O) groups is 3. The van der Waals surface area contributed by atoms with Crippen molar-refractivity contribution in [1.29, 1.82) is 0 Å². The summed E-state index contributed by atoms with van der Waals surface area (Å²) in [5.41, 5.74) is 3.59. The van der Waals surface area contributed by atoms with Gasteiger partial charge in [0.1, 0.15) is 5.75 Å². The van der Waals surface area contributed by atoms with Crippen LogP contribution < -0.4 is 15.5 Å². The molecule has 1 saturated heterocycles. The lowest BCUT2D eigenvalue weighted by atomic mass is 10.0. The minimum atomic E-state index is -1.50. The molecule has 2 aromatic rings. The highest BCUT2D eigenvalue weighted by molar-refractivity contribution is 6.08. The van der Waals surface area contributed by atoms with E-state index in [1.807, 2.05) is 24.3 Å². The highest BCUT2D eigenvalue weighted by atomic mass is 16.5. The minimum Gasteiger partial charge on any atom is -0.494 e. The normalized spacial score (nSPS) is 14.9. The summed E-state index contributed by atoms with van der Waals surface area (Å²) in [7, 11) is 2.67. The maximum absolute atomic E-state index is 12.8. The number of hydrogen-bond donors (Lipinski definition) is 3. The first-order chi connectivity index (χ1) is 17.4. The summed E-state index contributed by atoms with van der Waals surface area (Å²) in [6, 6.07) is 13.1. The average Bonchev–Trinajstić information content (AvgIpc) is 3.20. The Hall–Kier alpha value is -3.47. The van der Waals surface area contributed by atoms with Gasteiger partial charge in [-0.3, -0.25) is 19.6 Å². The van der Waals surface area contributed by atoms with Gasteiger partial charge in [-0.1, -0.05) is 24.3 Å². The van der Waals surface area contributed by atoms with E-state index in [0.29, 0.717) is 12.2 Å². The number of hydroxylamine groups is 1. The molecule has 0 radical (unpaired) electrons. The Bertz CT molecular complexity index is 988. The van der Waals surface area contributed by atoms with Gasteiger partial charge in [-0.2, -0.15) is 0 Å². The molecule has 36 heavy (non-hydrogen) atoms. The highest BCUT2D eigenvalue weighted by Gasteiger charge is 2.33. The summed E-state index contributed by atoms with van der Waals surface area (Å²) < 4.78 is 11.4. The molecule has 0 spiro atoms. The van der Waals surface area contributed by atoms with Gasteiger partial charge in [0.15, 0.2) is 6.04 Å². The van der Waals surface area contributed by atoms with E-state index in [0.717, 1.165) is 67.5 Å². The topological polar surface area (TPSA) is 120 Å². The first-order valence-corrected chi connectivity index (χ1v) is 12.0. The quantitative estimate of drug-likeness (QED) is 0.197. The van der Waals surface area contributed by atoms with Crippen molar-refractivity contribution in [3.05, 3.63) is 54.1 Å². The van der Waals surface area contributed by atoms with Gasteiger partial charge in [0.05, 0.1) is 13.2 Å². The average molecular weight is 499 g/mol. The van der Waals surface area contributed by atoms with E-state index in [4.69, 9.17) is 14.7 Å². The molecule has 1 aliphatic rings. The fourth-order valence-corrected chi connectivity index (χ4v) is 4.04. The number of nitrogens with one attached hydrogen (secondary N) is 2. The Morgan fingerprint density at radius 2 is 1.69 bits per heavy atom. The molecule has 1 atom stereocenters. The van der Waals surface area contributed by atoms with Gasteiger partial charge >= 0.3 is 0 Å². The second kappa shape index (κ2) is 13.6. The van der Waals surface area contributed by atoms with Crippen LogP contribution in [0.15, 0.2) is 48.5 Å². The van der Waals surface area contributed by atoms with Crippen LogP contribution in [0.2, 0.25) is 0 Å². The van der Waals surface area contributed by atoms with E-state index in [2.05, 4.69) is 10.2 Å². The third-order valence-corrected chi connectivity index (χ3v) is 6.08. The standard InChI is InChI=1S/C26H34N4O6/c1-27-24(31)23(25(32)28-34)29(2)26(33)21-7-5-19(6-8-21)20-9-11-22(12-10-20)36-17-4-14-30-13-3-16-35-18-15-30/h5-12,23,34H,3-4,13-18H2,1-2H3,(H,27,31)(H,28,32). The molecule has 10 heteroatoms. The summed E-state index contributed by atoms with van der Waals surface area (Å²) in [6.45, 7) is 5.33. The Morgan fingerprint density at radius 1 is 1.03 bits per heavy atom. The molecule has 2 aromatic carbocycles. The fourth-order valence-electron chi connectivity index (χ4n) is 4.04. The lowest BCUT2D eigenvalue weighted by Gasteiger charge is -2.25. The van der Waals surface area contributed by atoms with Gasteiger partial charge in [-0.15, -0.1) is 0 Å². The number of benzene rings is 2. The van der Waals surface area contributed by atoms with Crippen LogP contribution >= 0.6 is 0 Å². The molecule has 0 saturated carbocycles. The molecule has 1 unspecified atom stereocenters. The predicted molar refractivity (Wildman–Crippen MR) is 134 cm³/mol. The molecule has 1 aliphatic heterocycles. The third kappa shape index (κ3) is 7.27. The van der Waals surface area contributed by atoms with Gasteiger partial charge in [-0.05, 0) is 48.2 Å². The van der Waals surface area contributed by atoms with Crippen molar-refractivity contribution in [3.8, 4) is 16.9 Å². The predicted octanol–water partition coefficient (Wildman–Crippen LogP) is 1.54. The fraction of sp³-hybridized carbons (Fsp3) is 0.423. The van der Waals surface area contributed by atoms with Crippen molar-refractivity contribution < 1.29 is 29.1 Å². The number of amides is 3. The van der Waals surface area contributed by atoms with Crippen LogP contribution in [0.5, 0.6) is 5.75 Å². The summed E-state index contributed by atoms with van der Waals surface area (Å²) in [4.78, 5) is 40.1. The summed E-state index contributed by atoms with van der Waals surface area (Å²) in [6.07, 6.45) is 2.03. The maximum Gasteiger partial charge on any atom is 0.275 e. The van der Waals surface area contributed by atoms with Crippen LogP contribution in [0.3, 0.4) is 0 Å². The molecule has 0 aromatic heterocycles. The maximum atomic E-state index is 12.8. The smallest absolute Gasteiger partial charge is 0.275 e. The molecule has 3 N–H and O–H groups in total. The number of rotatable bonds is 10. The summed E-state index contributed by atoms with van der Waals surface area (Å²) in [5.74, 6) is -1.45.